The maximum atomic E-state index is 13.3. The first-order valence-corrected chi connectivity index (χ1v) is 7.67. The largest absolute Gasteiger partial charge is 0.390 e. The van der Waals surface area contributed by atoms with Gasteiger partial charge < -0.3 is 10.8 Å². The summed E-state index contributed by atoms with van der Waals surface area (Å²) < 4.78 is 13.3. The van der Waals surface area contributed by atoms with Gasteiger partial charge in [0.15, 0.2) is 0 Å². The fraction of sp³-hybridized carbons (Fsp3) is 0.105. The molecule has 0 unspecified atom stereocenters. The number of nitrogens with zero attached hydrogens (tertiary/aromatic N) is 2. The van der Waals surface area contributed by atoms with Crippen LogP contribution in [0.2, 0.25) is 0 Å². The lowest BCUT2D eigenvalue weighted by Crippen LogP contribution is -2.14. The predicted molar refractivity (Wildman–Crippen MR) is 91.1 cm³/mol. The van der Waals surface area contributed by atoms with Crippen LogP contribution < -0.4 is 5.73 Å². The first-order chi connectivity index (χ1) is 12.1. The van der Waals surface area contributed by atoms with E-state index in [4.69, 9.17) is 5.73 Å². The summed E-state index contributed by atoms with van der Waals surface area (Å²) in [5.74, 6) is -0.893. The standard InChI is InChI=1S/C19H16FN3O2/c20-14-3-1-2-12(9-14)8-13-4-7-17(22-10-13)18-16(19(21)25)6-5-15(11-24)23-18/h1-7,9-10,24H,8,11H2,(H2,21,25). The molecule has 2 aromatic heterocycles. The average Bonchev–Trinajstić information content (AvgIpc) is 2.62. The second kappa shape index (κ2) is 7.19. The molecule has 0 radical (unpaired) electrons. The Hall–Kier alpha value is -3.12. The summed E-state index contributed by atoms with van der Waals surface area (Å²) in [5, 5.41) is 9.24. The van der Waals surface area contributed by atoms with E-state index in [-0.39, 0.29) is 18.0 Å². The molecule has 0 saturated carbocycles. The number of aliphatic hydroxyl groups is 1. The monoisotopic (exact) mass is 337 g/mol. The van der Waals surface area contributed by atoms with E-state index in [0.717, 1.165) is 11.1 Å². The maximum Gasteiger partial charge on any atom is 0.250 e. The van der Waals surface area contributed by atoms with E-state index >= 15 is 0 Å². The van der Waals surface area contributed by atoms with Gasteiger partial charge in [-0.25, -0.2) is 9.37 Å². The minimum absolute atomic E-state index is 0.239. The normalized spacial score (nSPS) is 10.6. The van der Waals surface area contributed by atoms with Crippen LogP contribution in [0.1, 0.15) is 27.2 Å². The number of primary amides is 1. The number of nitrogens with two attached hydrogens (primary N) is 1. The van der Waals surface area contributed by atoms with Crippen molar-refractivity contribution < 1.29 is 14.3 Å². The molecule has 0 aliphatic carbocycles. The van der Waals surface area contributed by atoms with E-state index in [1.165, 1.54) is 18.2 Å². The number of benzene rings is 1. The van der Waals surface area contributed by atoms with Crippen molar-refractivity contribution in [3.8, 4) is 11.4 Å². The Morgan fingerprint density at radius 3 is 2.60 bits per heavy atom. The van der Waals surface area contributed by atoms with Gasteiger partial charge in [0.2, 0.25) is 0 Å². The zero-order valence-electron chi connectivity index (χ0n) is 13.3. The number of amides is 1. The molecule has 0 aliphatic heterocycles. The molecular formula is C19H16FN3O2. The van der Waals surface area contributed by atoms with Crippen molar-refractivity contribution >= 4 is 5.91 Å². The summed E-state index contributed by atoms with van der Waals surface area (Å²) in [6.07, 6.45) is 2.19. The maximum absolute atomic E-state index is 13.3. The van der Waals surface area contributed by atoms with Gasteiger partial charge in [-0.05, 0) is 47.9 Å². The van der Waals surface area contributed by atoms with Gasteiger partial charge in [-0.15, -0.1) is 0 Å². The summed E-state index contributed by atoms with van der Waals surface area (Å²) in [7, 11) is 0. The van der Waals surface area contributed by atoms with Crippen molar-refractivity contribution in [1.82, 2.24) is 9.97 Å². The van der Waals surface area contributed by atoms with Crippen LogP contribution in [0.3, 0.4) is 0 Å². The predicted octanol–water partition coefficient (Wildman–Crippen LogP) is 2.46. The second-order valence-corrected chi connectivity index (χ2v) is 5.58. The highest BCUT2D eigenvalue weighted by Crippen LogP contribution is 2.21. The molecule has 3 aromatic rings. The van der Waals surface area contributed by atoms with Crippen LogP contribution in [0.25, 0.3) is 11.4 Å². The lowest BCUT2D eigenvalue weighted by atomic mass is 10.0. The fourth-order valence-electron chi connectivity index (χ4n) is 2.53. The molecule has 5 nitrogen and oxygen atoms in total. The van der Waals surface area contributed by atoms with Crippen molar-refractivity contribution in [3.05, 3.63) is 82.9 Å². The zero-order chi connectivity index (χ0) is 17.8. The third kappa shape index (κ3) is 3.87. The van der Waals surface area contributed by atoms with Crippen LogP contribution in [0.5, 0.6) is 0 Å². The van der Waals surface area contributed by atoms with Gasteiger partial charge in [-0.1, -0.05) is 18.2 Å². The number of hydrogen-bond donors (Lipinski definition) is 2. The van der Waals surface area contributed by atoms with E-state index < -0.39 is 5.91 Å². The number of hydrogen-bond acceptors (Lipinski definition) is 4. The minimum atomic E-state index is -0.613. The Labute approximate surface area is 144 Å². The molecular weight excluding hydrogens is 321 g/mol. The van der Waals surface area contributed by atoms with E-state index in [1.807, 2.05) is 12.1 Å². The molecule has 0 aliphatic rings. The van der Waals surface area contributed by atoms with Gasteiger partial charge in [-0.3, -0.25) is 9.78 Å². The molecule has 6 heteroatoms. The summed E-state index contributed by atoms with van der Waals surface area (Å²) >= 11 is 0. The van der Waals surface area contributed by atoms with Gasteiger partial charge in [0.1, 0.15) is 11.5 Å². The smallest absolute Gasteiger partial charge is 0.250 e. The molecule has 126 valence electrons. The third-order valence-corrected chi connectivity index (χ3v) is 3.75. The fourth-order valence-corrected chi connectivity index (χ4v) is 2.53. The number of rotatable bonds is 5. The summed E-state index contributed by atoms with van der Waals surface area (Å²) in [5.41, 5.74) is 8.59. The average molecular weight is 337 g/mol. The van der Waals surface area contributed by atoms with Gasteiger partial charge >= 0.3 is 0 Å². The van der Waals surface area contributed by atoms with Crippen LogP contribution in [-0.2, 0) is 13.0 Å². The van der Waals surface area contributed by atoms with Crippen molar-refractivity contribution in [2.75, 3.05) is 0 Å². The Bertz CT molecular complexity index is 911. The molecule has 0 spiro atoms. The molecule has 3 rings (SSSR count). The molecule has 1 aromatic carbocycles. The zero-order valence-corrected chi connectivity index (χ0v) is 13.3. The number of halogens is 1. The highest BCUT2D eigenvalue weighted by Gasteiger charge is 2.14. The van der Waals surface area contributed by atoms with Crippen LogP contribution >= 0.6 is 0 Å². The quantitative estimate of drug-likeness (QED) is 0.748. The summed E-state index contributed by atoms with van der Waals surface area (Å²) in [6, 6.07) is 13.0. The molecule has 1 amide bonds. The molecule has 0 saturated heterocycles. The SMILES string of the molecule is NC(=O)c1ccc(CO)nc1-c1ccc(Cc2cccc(F)c2)cn1. The Morgan fingerprint density at radius 2 is 1.96 bits per heavy atom. The van der Waals surface area contributed by atoms with Gasteiger partial charge in [0.25, 0.3) is 5.91 Å². The highest BCUT2D eigenvalue weighted by atomic mass is 19.1. The van der Waals surface area contributed by atoms with Gasteiger partial charge in [0, 0.05) is 6.20 Å². The number of aromatic nitrogens is 2. The second-order valence-electron chi connectivity index (χ2n) is 5.58. The summed E-state index contributed by atoms with van der Waals surface area (Å²) in [6.45, 7) is -0.246. The van der Waals surface area contributed by atoms with Gasteiger partial charge in [0.05, 0.1) is 23.6 Å². The Balaban J connectivity index is 1.91. The summed E-state index contributed by atoms with van der Waals surface area (Å²) in [4.78, 5) is 20.2. The number of carbonyl (C=O) groups is 1. The first kappa shape index (κ1) is 16.7. The van der Waals surface area contributed by atoms with E-state index in [0.29, 0.717) is 23.5 Å². The molecule has 0 bridgehead atoms. The van der Waals surface area contributed by atoms with Crippen molar-refractivity contribution in [2.45, 2.75) is 13.0 Å². The van der Waals surface area contributed by atoms with E-state index in [1.54, 1.807) is 24.4 Å². The topological polar surface area (TPSA) is 89.1 Å². The van der Waals surface area contributed by atoms with Gasteiger partial charge in [-0.2, -0.15) is 0 Å². The highest BCUT2D eigenvalue weighted by molar-refractivity contribution is 5.98. The van der Waals surface area contributed by atoms with Crippen LogP contribution in [0.4, 0.5) is 4.39 Å². The number of carbonyl (C=O) groups excluding carboxylic acids is 1. The molecule has 0 fully saturated rings. The van der Waals surface area contributed by atoms with Crippen LogP contribution in [0.15, 0.2) is 54.7 Å². The molecule has 3 N–H and O–H groups in total. The van der Waals surface area contributed by atoms with Crippen molar-refractivity contribution in [2.24, 2.45) is 5.73 Å². The Morgan fingerprint density at radius 1 is 1.12 bits per heavy atom. The first-order valence-electron chi connectivity index (χ1n) is 7.67. The Kier molecular flexibility index (Phi) is 4.81. The van der Waals surface area contributed by atoms with Crippen LogP contribution in [0, 0.1) is 5.82 Å². The van der Waals surface area contributed by atoms with Crippen molar-refractivity contribution in [1.29, 1.82) is 0 Å². The lowest BCUT2D eigenvalue weighted by molar-refractivity contribution is 0.100. The van der Waals surface area contributed by atoms with E-state index in [2.05, 4.69) is 9.97 Å². The van der Waals surface area contributed by atoms with E-state index in [9.17, 15) is 14.3 Å². The number of pyridine rings is 2. The minimum Gasteiger partial charge on any atom is -0.390 e. The molecule has 0 atom stereocenters. The van der Waals surface area contributed by atoms with Crippen molar-refractivity contribution in [3.63, 3.8) is 0 Å². The third-order valence-electron chi connectivity index (χ3n) is 3.75. The molecule has 25 heavy (non-hydrogen) atoms. The van der Waals surface area contributed by atoms with Crippen LogP contribution in [-0.4, -0.2) is 21.0 Å². The molecule has 2 heterocycles. The lowest BCUT2D eigenvalue weighted by Gasteiger charge is -2.08. The number of aliphatic hydroxyl groups excluding tert-OH is 1.